The van der Waals surface area contributed by atoms with Crippen LogP contribution in [0.15, 0.2) is 24.3 Å². The van der Waals surface area contributed by atoms with Crippen molar-refractivity contribution >= 4 is 5.97 Å². The molecule has 1 N–H and O–H groups in total. The van der Waals surface area contributed by atoms with Crippen LogP contribution in [0.4, 0.5) is 0 Å². The standard InChI is InChI=1S/C7H5O2.Y/c8-7(9)6-4-2-1-3-5-6;/h2-5H,(H,8,9);/q-1;. The van der Waals surface area contributed by atoms with Crippen molar-refractivity contribution in [2.45, 2.75) is 0 Å². The summed E-state index contributed by atoms with van der Waals surface area (Å²) in [6, 6.07) is 8.87. The van der Waals surface area contributed by atoms with Crippen molar-refractivity contribution in [2.24, 2.45) is 0 Å². The van der Waals surface area contributed by atoms with Crippen molar-refractivity contribution in [3.63, 3.8) is 0 Å². The molecule has 1 aromatic carbocycles. The van der Waals surface area contributed by atoms with E-state index in [-0.39, 0.29) is 32.7 Å². The number of carboxylic acids is 1. The summed E-state index contributed by atoms with van der Waals surface area (Å²) in [6.45, 7) is 0. The minimum absolute atomic E-state index is 0. The summed E-state index contributed by atoms with van der Waals surface area (Å²) in [6.07, 6.45) is 0. The zero-order valence-electron chi connectivity index (χ0n) is 5.24. The van der Waals surface area contributed by atoms with E-state index in [0.29, 0.717) is 5.56 Å². The van der Waals surface area contributed by atoms with Gasteiger partial charge in [-0.2, -0.15) is 30.3 Å². The molecule has 1 radical (unpaired) electrons. The molecule has 1 aromatic rings. The first-order valence-corrected chi connectivity index (χ1v) is 2.50. The van der Waals surface area contributed by atoms with E-state index in [4.69, 9.17) is 5.11 Å². The van der Waals surface area contributed by atoms with Gasteiger partial charge in [0.1, 0.15) is 0 Å². The third kappa shape index (κ3) is 2.59. The Morgan fingerprint density at radius 1 is 1.40 bits per heavy atom. The van der Waals surface area contributed by atoms with Gasteiger partial charge in [-0.05, 0) is 5.56 Å². The van der Waals surface area contributed by atoms with Crippen LogP contribution >= 0.6 is 0 Å². The first-order chi connectivity index (χ1) is 4.30. The number of carboxylic acid groups (broad SMARTS) is 1. The van der Waals surface area contributed by atoms with Crippen molar-refractivity contribution < 1.29 is 42.6 Å². The molecule has 0 amide bonds. The Morgan fingerprint density at radius 2 is 1.90 bits per heavy atom. The largest absolute Gasteiger partial charge is 0.479 e. The molecule has 0 aromatic heterocycles. The topological polar surface area (TPSA) is 37.3 Å². The van der Waals surface area contributed by atoms with Crippen molar-refractivity contribution in [3.8, 4) is 0 Å². The molecule has 10 heavy (non-hydrogen) atoms. The van der Waals surface area contributed by atoms with Gasteiger partial charge in [-0.25, -0.2) is 4.79 Å². The first-order valence-electron chi connectivity index (χ1n) is 2.50. The van der Waals surface area contributed by atoms with Crippen molar-refractivity contribution in [3.05, 3.63) is 35.9 Å². The van der Waals surface area contributed by atoms with Gasteiger partial charge in [0.25, 0.3) is 0 Å². The molecule has 0 saturated carbocycles. The molecule has 1 rings (SSSR count). The van der Waals surface area contributed by atoms with Gasteiger partial charge in [0.2, 0.25) is 0 Å². The fourth-order valence-electron chi connectivity index (χ4n) is 0.529. The Kier molecular flexibility index (Phi) is 4.49. The predicted molar refractivity (Wildman–Crippen MR) is 32.2 cm³/mol. The summed E-state index contributed by atoms with van der Waals surface area (Å²) in [5, 5.41) is 8.37. The van der Waals surface area contributed by atoms with Crippen LogP contribution < -0.4 is 0 Å². The Labute approximate surface area is 84.1 Å². The smallest absolute Gasteiger partial charge is 0.311 e. The molecule has 49 valence electrons. The molecule has 0 aliphatic carbocycles. The third-order valence-corrected chi connectivity index (χ3v) is 0.965. The van der Waals surface area contributed by atoms with E-state index < -0.39 is 5.97 Å². The van der Waals surface area contributed by atoms with Crippen LogP contribution in [0.3, 0.4) is 0 Å². The summed E-state index contributed by atoms with van der Waals surface area (Å²) in [5.74, 6) is -0.899. The van der Waals surface area contributed by atoms with Gasteiger partial charge >= 0.3 is 5.97 Å². The Morgan fingerprint density at radius 3 is 2.20 bits per heavy atom. The molecule has 0 atom stereocenters. The molecule has 0 fully saturated rings. The van der Waals surface area contributed by atoms with Crippen molar-refractivity contribution in [1.29, 1.82) is 0 Å². The molecule has 0 heterocycles. The number of rotatable bonds is 1. The SMILES string of the molecule is O=C(O)c1cc[c-]cc1.[Y]. The van der Waals surface area contributed by atoms with Crippen molar-refractivity contribution in [1.82, 2.24) is 0 Å². The molecule has 0 unspecified atom stereocenters. The van der Waals surface area contributed by atoms with Crippen LogP contribution in [-0.4, -0.2) is 11.1 Å². The fourth-order valence-corrected chi connectivity index (χ4v) is 0.529. The summed E-state index contributed by atoms with van der Waals surface area (Å²) in [4.78, 5) is 10.2. The van der Waals surface area contributed by atoms with Crippen LogP contribution in [0, 0.1) is 6.07 Å². The van der Waals surface area contributed by atoms with Gasteiger partial charge < -0.3 is 5.11 Å². The Balaban J connectivity index is 0.000000810. The summed E-state index contributed by atoms with van der Waals surface area (Å²) >= 11 is 0. The number of benzene rings is 1. The fraction of sp³-hybridized carbons (Fsp3) is 0. The molecular formula is C7H5O2Y-. The molecular weight excluding hydrogens is 205 g/mol. The second-order valence-corrected chi connectivity index (χ2v) is 1.59. The van der Waals surface area contributed by atoms with Crippen LogP contribution in [0.5, 0.6) is 0 Å². The minimum atomic E-state index is -0.899. The first kappa shape index (κ1) is 9.79. The van der Waals surface area contributed by atoms with Crippen LogP contribution in [0.2, 0.25) is 0 Å². The Hall–Kier alpha value is -0.206. The second-order valence-electron chi connectivity index (χ2n) is 1.59. The minimum Gasteiger partial charge on any atom is -0.479 e. The van der Waals surface area contributed by atoms with E-state index in [1.807, 2.05) is 0 Å². The molecule has 0 bridgehead atoms. The normalized spacial score (nSPS) is 8.00. The van der Waals surface area contributed by atoms with Gasteiger partial charge in [0.05, 0.1) is 0 Å². The summed E-state index contributed by atoms with van der Waals surface area (Å²) < 4.78 is 0. The maximum Gasteiger partial charge on any atom is 0.311 e. The number of hydrogen-bond donors (Lipinski definition) is 1. The van der Waals surface area contributed by atoms with Crippen LogP contribution in [-0.2, 0) is 32.7 Å². The monoisotopic (exact) mass is 210 g/mol. The van der Waals surface area contributed by atoms with Gasteiger partial charge in [0.15, 0.2) is 0 Å². The van der Waals surface area contributed by atoms with Crippen LogP contribution in [0.25, 0.3) is 0 Å². The molecule has 3 heteroatoms. The van der Waals surface area contributed by atoms with E-state index >= 15 is 0 Å². The zero-order chi connectivity index (χ0) is 6.69. The molecule has 0 aliphatic rings. The van der Waals surface area contributed by atoms with E-state index in [0.717, 1.165) is 0 Å². The second kappa shape index (κ2) is 4.58. The maximum absolute atomic E-state index is 10.2. The molecule has 0 saturated heterocycles. The zero-order valence-corrected chi connectivity index (χ0v) is 8.08. The molecule has 0 aliphatic heterocycles. The average Bonchev–Trinajstić information content (AvgIpc) is 1.90. The Bertz CT molecular complexity index is 208. The summed E-state index contributed by atoms with van der Waals surface area (Å²) in [5.41, 5.74) is 0.300. The van der Waals surface area contributed by atoms with Gasteiger partial charge in [-0.15, -0.1) is 0 Å². The quantitative estimate of drug-likeness (QED) is 0.706. The van der Waals surface area contributed by atoms with E-state index in [2.05, 4.69) is 6.07 Å². The molecule has 0 spiro atoms. The number of hydrogen-bond acceptors (Lipinski definition) is 1. The number of carbonyl (C=O) groups is 1. The van der Waals surface area contributed by atoms with Gasteiger partial charge in [-0.3, -0.25) is 0 Å². The maximum atomic E-state index is 10.2. The van der Waals surface area contributed by atoms with E-state index in [1.165, 1.54) is 12.1 Å². The van der Waals surface area contributed by atoms with Crippen LogP contribution in [0.1, 0.15) is 10.4 Å². The third-order valence-electron chi connectivity index (χ3n) is 0.965. The van der Waals surface area contributed by atoms with Gasteiger partial charge in [0, 0.05) is 32.7 Å². The summed E-state index contributed by atoms with van der Waals surface area (Å²) in [7, 11) is 0. The van der Waals surface area contributed by atoms with Crippen molar-refractivity contribution in [2.75, 3.05) is 0 Å². The predicted octanol–water partition coefficient (Wildman–Crippen LogP) is 1.18. The number of aromatic carboxylic acids is 1. The van der Waals surface area contributed by atoms with E-state index in [9.17, 15) is 4.79 Å². The van der Waals surface area contributed by atoms with Gasteiger partial charge in [-0.1, -0.05) is 0 Å². The molecule has 2 nitrogen and oxygen atoms in total. The van der Waals surface area contributed by atoms with E-state index in [1.54, 1.807) is 12.1 Å². The average molecular weight is 210 g/mol.